The summed E-state index contributed by atoms with van der Waals surface area (Å²) < 4.78 is 6.12. The fourth-order valence-corrected chi connectivity index (χ4v) is 2.25. The molecule has 1 fully saturated rings. The zero-order valence-electron chi connectivity index (χ0n) is 13.1. The molecule has 1 aliphatic carbocycles. The van der Waals surface area contributed by atoms with Crippen LogP contribution in [0.2, 0.25) is 0 Å². The normalized spacial score (nSPS) is 17.3. The molecule has 0 aliphatic heterocycles. The predicted octanol–water partition coefficient (Wildman–Crippen LogP) is 5.29. The molecule has 1 aliphatic rings. The van der Waals surface area contributed by atoms with E-state index in [0.717, 1.165) is 24.7 Å². The summed E-state index contributed by atoms with van der Waals surface area (Å²) in [6.07, 6.45) is 3.85. The first kappa shape index (κ1) is 14.4. The molecule has 1 saturated carbocycles. The number of hydrogen-bond acceptors (Lipinski definition) is 1. The van der Waals surface area contributed by atoms with Crippen LogP contribution in [0.5, 0.6) is 5.75 Å². The van der Waals surface area contributed by atoms with Crippen LogP contribution in [0.4, 0.5) is 0 Å². The Bertz CT molecular complexity index is 424. The molecule has 1 nitrogen and oxygen atoms in total. The van der Waals surface area contributed by atoms with Crippen LogP contribution in [-0.2, 0) is 5.41 Å². The molecule has 0 N–H and O–H groups in total. The largest absolute Gasteiger partial charge is 0.493 e. The van der Waals surface area contributed by atoms with E-state index in [1.54, 1.807) is 0 Å². The minimum Gasteiger partial charge on any atom is -0.493 e. The van der Waals surface area contributed by atoms with Gasteiger partial charge in [-0.25, -0.2) is 0 Å². The van der Waals surface area contributed by atoms with Crippen LogP contribution in [0.3, 0.4) is 0 Å². The summed E-state index contributed by atoms with van der Waals surface area (Å²) in [5.74, 6) is 2.50. The molecule has 0 aromatic heterocycles. The van der Waals surface area contributed by atoms with E-state index < -0.39 is 0 Å². The van der Waals surface area contributed by atoms with Crippen molar-refractivity contribution in [3.63, 3.8) is 0 Å². The van der Waals surface area contributed by atoms with Crippen molar-refractivity contribution in [2.45, 2.75) is 65.2 Å². The summed E-state index contributed by atoms with van der Waals surface area (Å²) in [6, 6.07) is 6.81. The first-order chi connectivity index (χ1) is 8.91. The Hall–Kier alpha value is -0.980. The van der Waals surface area contributed by atoms with Gasteiger partial charge < -0.3 is 4.74 Å². The summed E-state index contributed by atoms with van der Waals surface area (Å²) in [5, 5.41) is 0. The van der Waals surface area contributed by atoms with Crippen LogP contribution in [0.1, 0.15) is 70.9 Å². The zero-order valence-corrected chi connectivity index (χ0v) is 13.1. The lowest BCUT2D eigenvalue weighted by Crippen LogP contribution is -2.12. The first-order valence-electron chi connectivity index (χ1n) is 7.69. The number of ether oxygens (including phenoxy) is 1. The van der Waals surface area contributed by atoms with Crippen molar-refractivity contribution in [2.75, 3.05) is 6.61 Å². The van der Waals surface area contributed by atoms with E-state index >= 15 is 0 Å². The SMILES string of the molecule is CCC(C)c1ccc(C(C)(C)C)cc1OCC1CC1. The van der Waals surface area contributed by atoms with Crippen molar-refractivity contribution in [1.82, 2.24) is 0 Å². The quantitative estimate of drug-likeness (QED) is 0.699. The maximum absolute atomic E-state index is 6.12. The summed E-state index contributed by atoms with van der Waals surface area (Å²) in [5.41, 5.74) is 2.92. The van der Waals surface area contributed by atoms with Gasteiger partial charge in [-0.3, -0.25) is 0 Å². The Kier molecular flexibility index (Phi) is 4.23. The third-order valence-corrected chi connectivity index (χ3v) is 4.19. The molecular formula is C18H28O. The maximum Gasteiger partial charge on any atom is 0.123 e. The summed E-state index contributed by atoms with van der Waals surface area (Å²) >= 11 is 0. The predicted molar refractivity (Wildman–Crippen MR) is 82.1 cm³/mol. The lowest BCUT2D eigenvalue weighted by atomic mass is 9.85. The fourth-order valence-electron chi connectivity index (χ4n) is 2.25. The topological polar surface area (TPSA) is 9.23 Å². The van der Waals surface area contributed by atoms with Crippen molar-refractivity contribution in [1.29, 1.82) is 0 Å². The smallest absolute Gasteiger partial charge is 0.123 e. The Balaban J connectivity index is 2.25. The molecule has 1 unspecified atom stereocenters. The van der Waals surface area contributed by atoms with E-state index in [0.29, 0.717) is 5.92 Å². The minimum atomic E-state index is 0.186. The van der Waals surface area contributed by atoms with Crippen molar-refractivity contribution in [3.05, 3.63) is 29.3 Å². The Morgan fingerprint density at radius 2 is 1.95 bits per heavy atom. The zero-order chi connectivity index (χ0) is 14.0. The van der Waals surface area contributed by atoms with Gasteiger partial charge in [0.15, 0.2) is 0 Å². The van der Waals surface area contributed by atoms with Gasteiger partial charge in [-0.05, 0) is 53.7 Å². The molecule has 1 heteroatoms. The standard InChI is InChI=1S/C18H28O/c1-6-13(2)16-10-9-15(18(3,4)5)11-17(16)19-12-14-7-8-14/h9-11,13-14H,6-8,12H2,1-5H3. The molecule has 106 valence electrons. The fraction of sp³-hybridized carbons (Fsp3) is 0.667. The van der Waals surface area contributed by atoms with Crippen LogP contribution in [-0.4, -0.2) is 6.61 Å². The van der Waals surface area contributed by atoms with Crippen LogP contribution >= 0.6 is 0 Å². The van der Waals surface area contributed by atoms with E-state index in [2.05, 4.69) is 52.8 Å². The molecule has 0 saturated heterocycles. The monoisotopic (exact) mass is 260 g/mol. The lowest BCUT2D eigenvalue weighted by molar-refractivity contribution is 0.294. The van der Waals surface area contributed by atoms with Crippen LogP contribution in [0.25, 0.3) is 0 Å². The van der Waals surface area contributed by atoms with Gasteiger partial charge >= 0.3 is 0 Å². The van der Waals surface area contributed by atoms with Crippen molar-refractivity contribution in [3.8, 4) is 5.75 Å². The first-order valence-corrected chi connectivity index (χ1v) is 7.69. The highest BCUT2D eigenvalue weighted by molar-refractivity contribution is 5.42. The second kappa shape index (κ2) is 5.56. The molecule has 0 heterocycles. The molecule has 2 rings (SSSR count). The molecule has 1 aromatic rings. The maximum atomic E-state index is 6.12. The van der Waals surface area contributed by atoms with Crippen LogP contribution < -0.4 is 4.74 Å². The molecule has 0 amide bonds. The Morgan fingerprint density at radius 1 is 1.26 bits per heavy atom. The molecule has 1 aromatic carbocycles. The lowest BCUT2D eigenvalue weighted by Gasteiger charge is -2.23. The molecule has 19 heavy (non-hydrogen) atoms. The second-order valence-corrected chi connectivity index (χ2v) is 7.07. The number of hydrogen-bond donors (Lipinski definition) is 0. The number of rotatable bonds is 5. The molecular weight excluding hydrogens is 232 g/mol. The van der Waals surface area contributed by atoms with E-state index in [1.807, 2.05) is 0 Å². The molecule has 0 bridgehead atoms. The van der Waals surface area contributed by atoms with E-state index in [4.69, 9.17) is 4.74 Å². The Labute approximate surface area is 118 Å². The Morgan fingerprint density at radius 3 is 2.47 bits per heavy atom. The van der Waals surface area contributed by atoms with E-state index in [9.17, 15) is 0 Å². The van der Waals surface area contributed by atoms with E-state index in [-0.39, 0.29) is 5.41 Å². The molecule has 1 atom stereocenters. The number of benzene rings is 1. The highest BCUT2D eigenvalue weighted by Crippen LogP contribution is 2.36. The van der Waals surface area contributed by atoms with Gasteiger partial charge in [0.05, 0.1) is 6.61 Å². The van der Waals surface area contributed by atoms with Gasteiger partial charge in [0, 0.05) is 0 Å². The van der Waals surface area contributed by atoms with Gasteiger partial charge in [0.2, 0.25) is 0 Å². The molecule has 0 radical (unpaired) electrons. The van der Waals surface area contributed by atoms with Crippen LogP contribution in [0, 0.1) is 5.92 Å². The summed E-state index contributed by atoms with van der Waals surface area (Å²) in [4.78, 5) is 0. The van der Waals surface area contributed by atoms with Crippen molar-refractivity contribution < 1.29 is 4.74 Å². The summed E-state index contributed by atoms with van der Waals surface area (Å²) in [6.45, 7) is 12.2. The average molecular weight is 260 g/mol. The van der Waals surface area contributed by atoms with Gasteiger partial charge in [-0.2, -0.15) is 0 Å². The molecule has 0 spiro atoms. The van der Waals surface area contributed by atoms with Crippen molar-refractivity contribution in [2.24, 2.45) is 5.92 Å². The minimum absolute atomic E-state index is 0.186. The second-order valence-electron chi connectivity index (χ2n) is 7.07. The highest BCUT2D eigenvalue weighted by atomic mass is 16.5. The average Bonchev–Trinajstić information content (AvgIpc) is 3.18. The van der Waals surface area contributed by atoms with Gasteiger partial charge in [-0.1, -0.05) is 46.8 Å². The summed E-state index contributed by atoms with van der Waals surface area (Å²) in [7, 11) is 0. The highest BCUT2D eigenvalue weighted by Gasteiger charge is 2.23. The van der Waals surface area contributed by atoms with Gasteiger partial charge in [0.1, 0.15) is 5.75 Å². The van der Waals surface area contributed by atoms with E-state index in [1.165, 1.54) is 24.0 Å². The van der Waals surface area contributed by atoms with Crippen molar-refractivity contribution >= 4 is 0 Å². The third kappa shape index (κ3) is 3.75. The van der Waals surface area contributed by atoms with Crippen LogP contribution in [0.15, 0.2) is 18.2 Å². The van der Waals surface area contributed by atoms with Gasteiger partial charge in [-0.15, -0.1) is 0 Å². The van der Waals surface area contributed by atoms with Gasteiger partial charge in [0.25, 0.3) is 0 Å². The third-order valence-electron chi connectivity index (χ3n) is 4.19.